The fourth-order valence-electron chi connectivity index (χ4n) is 3.89. The average molecular weight is 425 g/mol. The van der Waals surface area contributed by atoms with Gasteiger partial charge in [0.05, 0.1) is 0 Å². The van der Waals surface area contributed by atoms with Crippen molar-refractivity contribution < 1.29 is 9.18 Å². The van der Waals surface area contributed by atoms with Crippen LogP contribution in [0.15, 0.2) is 91.0 Å². The molecule has 1 atom stereocenters. The Kier molecular flexibility index (Phi) is 7.72. The second-order valence-electron chi connectivity index (χ2n) is 8.07. The summed E-state index contributed by atoms with van der Waals surface area (Å²) in [4.78, 5) is 8.81. The molecule has 0 aliphatic carbocycles. The van der Waals surface area contributed by atoms with Gasteiger partial charge in [-0.3, -0.25) is 0 Å². The molecule has 0 bridgehead atoms. The molecule has 162 valence electrons. The highest BCUT2D eigenvalue weighted by molar-refractivity contribution is 5.66. The van der Waals surface area contributed by atoms with Crippen molar-refractivity contribution in [1.82, 2.24) is 0 Å². The van der Waals surface area contributed by atoms with Crippen LogP contribution in [0.25, 0.3) is 11.1 Å². The van der Waals surface area contributed by atoms with E-state index in [0.29, 0.717) is 0 Å². The molecule has 0 N–H and O–H groups in total. The zero-order valence-corrected chi connectivity index (χ0v) is 19.1. The van der Waals surface area contributed by atoms with Crippen molar-refractivity contribution in [1.29, 1.82) is 0 Å². The lowest BCUT2D eigenvalue weighted by atomic mass is 9.82. The second-order valence-corrected chi connectivity index (χ2v) is 8.07. The van der Waals surface area contributed by atoms with Crippen LogP contribution in [0, 0.1) is 26.6 Å². The van der Waals surface area contributed by atoms with Crippen LogP contribution in [0.5, 0.6) is 0 Å². The van der Waals surface area contributed by atoms with Crippen molar-refractivity contribution in [2.45, 2.75) is 33.6 Å². The van der Waals surface area contributed by atoms with E-state index >= 15 is 0 Å². The smallest absolute Gasteiger partial charge is 0.123 e. The molecule has 2 heteroatoms. The van der Waals surface area contributed by atoms with Gasteiger partial charge >= 0.3 is 0 Å². The Balaban J connectivity index is 0.000000913. The number of aryl methyl sites for hydroxylation is 3. The van der Waals surface area contributed by atoms with Crippen molar-refractivity contribution in [3.8, 4) is 11.1 Å². The zero-order chi connectivity index (χ0) is 23.1. The standard InChI is InChI=1S/C28H25F.C2H4O/c1-19-4-8-22(9-5-19)25-14-17-27(21(3)18-25)28(23-10-6-20(2)7-11-23)24-12-15-26(29)16-13-24;1-2-3/h4-18,28H,1-3H3;2H,1H3. The minimum atomic E-state index is -0.206. The highest BCUT2D eigenvalue weighted by Crippen LogP contribution is 2.35. The summed E-state index contributed by atoms with van der Waals surface area (Å²) in [6, 6.07) is 30.8. The fraction of sp³-hybridized carbons (Fsp3) is 0.167. The van der Waals surface area contributed by atoms with Crippen LogP contribution in [-0.4, -0.2) is 6.29 Å². The fourth-order valence-corrected chi connectivity index (χ4v) is 3.89. The zero-order valence-electron chi connectivity index (χ0n) is 19.1. The molecule has 0 heterocycles. The van der Waals surface area contributed by atoms with Crippen molar-refractivity contribution in [2.75, 3.05) is 0 Å². The van der Waals surface area contributed by atoms with Gasteiger partial charge in [-0.15, -0.1) is 0 Å². The molecule has 0 aliphatic heterocycles. The number of carbonyl (C=O) groups is 1. The van der Waals surface area contributed by atoms with Gasteiger partial charge in [-0.05, 0) is 73.2 Å². The van der Waals surface area contributed by atoms with E-state index in [1.807, 2.05) is 12.1 Å². The van der Waals surface area contributed by atoms with Crippen molar-refractivity contribution >= 4 is 6.29 Å². The maximum atomic E-state index is 13.6. The molecule has 0 saturated carbocycles. The minimum Gasteiger partial charge on any atom is -0.304 e. The maximum Gasteiger partial charge on any atom is 0.123 e. The Morgan fingerprint density at radius 2 is 1.09 bits per heavy atom. The van der Waals surface area contributed by atoms with E-state index in [4.69, 9.17) is 4.79 Å². The highest BCUT2D eigenvalue weighted by atomic mass is 19.1. The van der Waals surface area contributed by atoms with Crippen LogP contribution in [0.2, 0.25) is 0 Å². The summed E-state index contributed by atoms with van der Waals surface area (Å²) in [5.41, 5.74) is 9.73. The molecule has 4 aromatic carbocycles. The van der Waals surface area contributed by atoms with Crippen molar-refractivity contribution in [2.24, 2.45) is 0 Å². The van der Waals surface area contributed by atoms with Crippen LogP contribution in [-0.2, 0) is 4.79 Å². The Labute approximate surface area is 190 Å². The summed E-state index contributed by atoms with van der Waals surface area (Å²) in [7, 11) is 0. The summed E-state index contributed by atoms with van der Waals surface area (Å²) in [6.45, 7) is 7.81. The molecule has 1 unspecified atom stereocenters. The molecule has 0 aliphatic rings. The first kappa shape index (κ1) is 23.1. The third-order valence-corrected chi connectivity index (χ3v) is 5.58. The topological polar surface area (TPSA) is 17.1 Å². The van der Waals surface area contributed by atoms with Gasteiger partial charge in [-0.25, -0.2) is 4.39 Å². The van der Waals surface area contributed by atoms with Crippen molar-refractivity contribution in [3.05, 3.63) is 130 Å². The van der Waals surface area contributed by atoms with Crippen LogP contribution >= 0.6 is 0 Å². The van der Waals surface area contributed by atoms with E-state index in [1.165, 1.54) is 45.9 Å². The van der Waals surface area contributed by atoms with Gasteiger partial charge in [0.2, 0.25) is 0 Å². The first-order chi connectivity index (χ1) is 15.4. The number of hydrogen-bond acceptors (Lipinski definition) is 1. The maximum absolute atomic E-state index is 13.6. The van der Waals surface area contributed by atoms with Gasteiger partial charge < -0.3 is 4.79 Å². The van der Waals surface area contributed by atoms with Crippen LogP contribution in [0.3, 0.4) is 0 Å². The summed E-state index contributed by atoms with van der Waals surface area (Å²) in [5, 5.41) is 0. The molecule has 0 spiro atoms. The molecule has 1 nitrogen and oxygen atoms in total. The predicted octanol–water partition coefficient (Wildman–Crippen LogP) is 7.80. The normalized spacial score (nSPS) is 11.3. The number of hydrogen-bond donors (Lipinski definition) is 0. The molecule has 0 fully saturated rings. The molecule has 0 aromatic heterocycles. The van der Waals surface area contributed by atoms with E-state index in [9.17, 15) is 4.39 Å². The monoisotopic (exact) mass is 424 g/mol. The Morgan fingerprint density at radius 3 is 1.59 bits per heavy atom. The van der Waals surface area contributed by atoms with Gasteiger partial charge in [0, 0.05) is 5.92 Å². The summed E-state index contributed by atoms with van der Waals surface area (Å²) < 4.78 is 13.6. The van der Waals surface area contributed by atoms with Crippen LogP contribution in [0.1, 0.15) is 46.2 Å². The molecule has 0 saturated heterocycles. The Hall–Kier alpha value is -3.52. The number of rotatable bonds is 4. The molecule has 4 rings (SSSR count). The van der Waals surface area contributed by atoms with E-state index < -0.39 is 0 Å². The highest BCUT2D eigenvalue weighted by Gasteiger charge is 2.19. The minimum absolute atomic E-state index is 0.0725. The molecular formula is C30H29FO. The quantitative estimate of drug-likeness (QED) is 0.241. The largest absolute Gasteiger partial charge is 0.304 e. The lowest BCUT2D eigenvalue weighted by Gasteiger charge is -2.22. The van der Waals surface area contributed by atoms with E-state index in [2.05, 4.69) is 87.5 Å². The Bertz CT molecular complexity index is 1110. The summed E-state index contributed by atoms with van der Waals surface area (Å²) in [6.07, 6.45) is 0.750. The van der Waals surface area contributed by atoms with Gasteiger partial charge in [0.1, 0.15) is 12.1 Å². The van der Waals surface area contributed by atoms with E-state index in [1.54, 1.807) is 12.1 Å². The average Bonchev–Trinajstić information content (AvgIpc) is 2.78. The first-order valence-electron chi connectivity index (χ1n) is 10.8. The number of benzene rings is 4. The SMILES string of the molecule is CC=O.Cc1ccc(-c2ccc(C(c3ccc(C)cc3)c3ccc(F)cc3)c(C)c2)cc1. The first-order valence-corrected chi connectivity index (χ1v) is 10.8. The molecular weight excluding hydrogens is 395 g/mol. The van der Waals surface area contributed by atoms with Gasteiger partial charge in [-0.1, -0.05) is 90.0 Å². The Morgan fingerprint density at radius 1 is 0.656 bits per heavy atom. The third kappa shape index (κ3) is 5.59. The number of halogens is 1. The van der Waals surface area contributed by atoms with Gasteiger partial charge in [-0.2, -0.15) is 0 Å². The lowest BCUT2D eigenvalue weighted by molar-refractivity contribution is -0.106. The second kappa shape index (κ2) is 10.7. The van der Waals surface area contributed by atoms with Crippen molar-refractivity contribution in [3.63, 3.8) is 0 Å². The molecule has 0 radical (unpaired) electrons. The van der Waals surface area contributed by atoms with Crippen LogP contribution in [0.4, 0.5) is 4.39 Å². The predicted molar refractivity (Wildman–Crippen MR) is 132 cm³/mol. The molecule has 4 aromatic rings. The van der Waals surface area contributed by atoms with E-state index in [-0.39, 0.29) is 11.7 Å². The molecule has 32 heavy (non-hydrogen) atoms. The van der Waals surface area contributed by atoms with Gasteiger partial charge in [0.15, 0.2) is 0 Å². The summed E-state index contributed by atoms with van der Waals surface area (Å²) >= 11 is 0. The lowest BCUT2D eigenvalue weighted by Crippen LogP contribution is -2.06. The van der Waals surface area contributed by atoms with Gasteiger partial charge in [0.25, 0.3) is 0 Å². The van der Waals surface area contributed by atoms with E-state index in [0.717, 1.165) is 11.8 Å². The van der Waals surface area contributed by atoms with Crippen LogP contribution < -0.4 is 0 Å². The third-order valence-electron chi connectivity index (χ3n) is 5.58. The summed E-state index contributed by atoms with van der Waals surface area (Å²) in [5.74, 6) is -0.133. The number of carbonyl (C=O) groups excluding carboxylic acids is 1. The molecule has 0 amide bonds. The number of aldehydes is 1.